The Labute approximate surface area is 67.2 Å². The predicted molar refractivity (Wildman–Crippen MR) is 48.4 cm³/mol. The van der Waals surface area contributed by atoms with Gasteiger partial charge in [0.25, 0.3) is 0 Å². The maximum absolute atomic E-state index is 3.30. The average Bonchev–Trinajstić information content (AvgIpc) is 1.88. The summed E-state index contributed by atoms with van der Waals surface area (Å²) >= 11 is -1.77. The first-order valence-electron chi connectivity index (χ1n) is 3.58. The van der Waals surface area contributed by atoms with E-state index >= 15 is 0 Å². The molecule has 0 heterocycles. The van der Waals surface area contributed by atoms with Crippen molar-refractivity contribution in [2.75, 3.05) is 0 Å². The second-order valence-corrected chi connectivity index (χ2v) is 17.9. The number of hydrogen-bond donors (Lipinski definition) is 0. The summed E-state index contributed by atoms with van der Waals surface area (Å²) in [6, 6.07) is 0. The van der Waals surface area contributed by atoms with Crippen LogP contribution in [0.5, 0.6) is 0 Å². The van der Waals surface area contributed by atoms with Gasteiger partial charge in [-0.15, -0.1) is 0 Å². The molecule has 0 radical (unpaired) electrons. The van der Waals surface area contributed by atoms with E-state index in [0.29, 0.717) is 0 Å². The molecule has 0 saturated carbocycles. The van der Waals surface area contributed by atoms with Crippen LogP contribution in [-0.2, 0) is 0 Å². The van der Waals surface area contributed by atoms with E-state index in [1.807, 2.05) is 12.2 Å². The standard InChI is InChI=1S/C6H4.3CH3.Sn/c1-2-4-6-5-3-1;;;;/h1-4H;3*1H3;/q+1;;;;. The zero-order valence-electron chi connectivity index (χ0n) is 6.81. The molecule has 0 bridgehead atoms. The van der Waals surface area contributed by atoms with Crippen LogP contribution in [0.15, 0.2) is 27.9 Å². The third kappa shape index (κ3) is 1.96. The second kappa shape index (κ2) is 2.89. The number of allylic oxidation sites excluding steroid dienone is 6. The van der Waals surface area contributed by atoms with Crippen molar-refractivity contribution in [3.05, 3.63) is 34.0 Å². The van der Waals surface area contributed by atoms with Gasteiger partial charge in [0, 0.05) is 0 Å². The Bertz CT molecular complexity index is 201. The van der Waals surface area contributed by atoms with Gasteiger partial charge in [0.15, 0.2) is 0 Å². The summed E-state index contributed by atoms with van der Waals surface area (Å²) in [4.78, 5) is 7.21. The summed E-state index contributed by atoms with van der Waals surface area (Å²) in [7, 11) is 0. The Morgan fingerprint density at radius 1 is 1.20 bits per heavy atom. The summed E-state index contributed by atoms with van der Waals surface area (Å²) in [5.74, 6) is 0. The van der Waals surface area contributed by atoms with Gasteiger partial charge in [-0.25, -0.2) is 0 Å². The second-order valence-electron chi connectivity index (χ2n) is 3.53. The SMILES string of the molecule is [CH3][Sn]([CH3])([CH3])[C]1=CC=CC=[C+]1. The fourth-order valence-corrected chi connectivity index (χ4v) is 4.04. The molecule has 0 amide bonds. The third-order valence-electron chi connectivity index (χ3n) is 1.52. The van der Waals surface area contributed by atoms with Gasteiger partial charge in [-0.2, -0.15) is 0 Å². The first-order chi connectivity index (χ1) is 4.61. The molecule has 0 fully saturated rings. The van der Waals surface area contributed by atoms with Crippen molar-refractivity contribution in [2.45, 2.75) is 14.8 Å². The molecule has 0 atom stereocenters. The summed E-state index contributed by atoms with van der Waals surface area (Å²) in [6.07, 6.45) is 11.7. The minimum absolute atomic E-state index is 1.48. The molecular weight excluding hydrogens is 227 g/mol. The van der Waals surface area contributed by atoms with E-state index in [4.69, 9.17) is 0 Å². The van der Waals surface area contributed by atoms with Crippen molar-refractivity contribution in [1.29, 1.82) is 0 Å². The van der Waals surface area contributed by atoms with Gasteiger partial charge >= 0.3 is 67.2 Å². The fourth-order valence-electron chi connectivity index (χ4n) is 0.860. The molecule has 0 aromatic heterocycles. The molecule has 0 spiro atoms. The van der Waals surface area contributed by atoms with Crippen molar-refractivity contribution in [3.8, 4) is 0 Å². The first-order valence-corrected chi connectivity index (χ1v) is 13.6. The van der Waals surface area contributed by atoms with Gasteiger partial charge in [0.1, 0.15) is 0 Å². The Hall–Kier alpha value is -0.0713. The van der Waals surface area contributed by atoms with Crippen molar-refractivity contribution >= 4 is 18.4 Å². The van der Waals surface area contributed by atoms with Gasteiger partial charge in [-0.3, -0.25) is 0 Å². The van der Waals surface area contributed by atoms with E-state index < -0.39 is 18.4 Å². The first kappa shape index (κ1) is 8.03. The van der Waals surface area contributed by atoms with Crippen LogP contribution in [-0.4, -0.2) is 18.4 Å². The summed E-state index contributed by atoms with van der Waals surface area (Å²) < 4.78 is 1.48. The quantitative estimate of drug-likeness (QED) is 0.488. The van der Waals surface area contributed by atoms with Crippen LogP contribution in [0, 0.1) is 6.08 Å². The van der Waals surface area contributed by atoms with Crippen LogP contribution in [0.2, 0.25) is 14.8 Å². The van der Waals surface area contributed by atoms with Gasteiger partial charge in [-0.05, 0) is 0 Å². The third-order valence-corrected chi connectivity index (χ3v) is 7.02. The van der Waals surface area contributed by atoms with E-state index in [0.717, 1.165) is 0 Å². The van der Waals surface area contributed by atoms with Crippen LogP contribution in [0.3, 0.4) is 0 Å². The Balaban J connectivity index is 2.85. The van der Waals surface area contributed by atoms with Crippen molar-refractivity contribution in [1.82, 2.24) is 0 Å². The molecule has 0 N–H and O–H groups in total. The van der Waals surface area contributed by atoms with Crippen LogP contribution >= 0.6 is 0 Å². The molecule has 1 aliphatic carbocycles. The number of rotatable bonds is 1. The normalized spacial score (nSPS) is 16.5. The molecule has 1 rings (SSSR count). The molecule has 0 aliphatic heterocycles. The van der Waals surface area contributed by atoms with E-state index in [9.17, 15) is 0 Å². The molecule has 0 aromatic carbocycles. The van der Waals surface area contributed by atoms with Crippen LogP contribution in [0.25, 0.3) is 0 Å². The summed E-state index contributed by atoms with van der Waals surface area (Å²) in [5.41, 5.74) is 0. The molecule has 52 valence electrons. The minimum atomic E-state index is -1.77. The molecule has 0 aromatic rings. The van der Waals surface area contributed by atoms with E-state index in [-0.39, 0.29) is 0 Å². The average molecular weight is 240 g/mol. The molecule has 10 heavy (non-hydrogen) atoms. The van der Waals surface area contributed by atoms with Crippen LogP contribution in [0.4, 0.5) is 0 Å². The van der Waals surface area contributed by atoms with Crippen molar-refractivity contribution in [2.24, 2.45) is 0 Å². The molecule has 1 aliphatic rings. The van der Waals surface area contributed by atoms with Gasteiger partial charge in [0.05, 0.1) is 0 Å². The fraction of sp³-hybridized carbons (Fsp3) is 0.333. The molecule has 1 heteroatoms. The number of hydrogen-bond acceptors (Lipinski definition) is 0. The Morgan fingerprint density at radius 3 is 2.20 bits per heavy atom. The Kier molecular flexibility index (Phi) is 2.32. The zero-order chi connectivity index (χ0) is 7.61. The monoisotopic (exact) mass is 241 g/mol. The molecule has 0 nitrogen and oxygen atoms in total. The van der Waals surface area contributed by atoms with Crippen LogP contribution < -0.4 is 0 Å². The van der Waals surface area contributed by atoms with Crippen molar-refractivity contribution < 1.29 is 0 Å². The summed E-state index contributed by atoms with van der Waals surface area (Å²) in [6.45, 7) is 0. The van der Waals surface area contributed by atoms with E-state index in [1.54, 1.807) is 0 Å². The van der Waals surface area contributed by atoms with Gasteiger partial charge < -0.3 is 0 Å². The Morgan fingerprint density at radius 2 is 1.90 bits per heavy atom. The maximum atomic E-state index is 3.30. The summed E-state index contributed by atoms with van der Waals surface area (Å²) in [5, 5.41) is 0. The van der Waals surface area contributed by atoms with Crippen LogP contribution in [0.1, 0.15) is 0 Å². The van der Waals surface area contributed by atoms with Crippen molar-refractivity contribution in [3.63, 3.8) is 0 Å². The van der Waals surface area contributed by atoms with E-state index in [1.165, 1.54) is 3.59 Å². The molecular formula is C9H13Sn+. The molecule has 0 unspecified atom stereocenters. The zero-order valence-corrected chi connectivity index (χ0v) is 9.66. The molecule has 0 saturated heterocycles. The van der Waals surface area contributed by atoms with Gasteiger partial charge in [0.2, 0.25) is 0 Å². The predicted octanol–water partition coefficient (Wildman–Crippen LogP) is 2.72. The van der Waals surface area contributed by atoms with E-state index in [2.05, 4.69) is 33.0 Å². The topological polar surface area (TPSA) is 0 Å². The van der Waals surface area contributed by atoms with Gasteiger partial charge in [-0.1, -0.05) is 0 Å².